The Morgan fingerprint density at radius 3 is 3.00 bits per heavy atom. The zero-order valence-corrected chi connectivity index (χ0v) is 12.6. The predicted molar refractivity (Wildman–Crippen MR) is 80.9 cm³/mol. The van der Waals surface area contributed by atoms with E-state index in [1.54, 1.807) is 4.90 Å². The van der Waals surface area contributed by atoms with Crippen molar-refractivity contribution in [3.63, 3.8) is 0 Å². The van der Waals surface area contributed by atoms with Crippen molar-refractivity contribution < 1.29 is 13.9 Å². The average Bonchev–Trinajstić information content (AvgIpc) is 2.51. The standard InChI is InChI=1S/C15H14ClFN2O3/c1-8-7-22-5-4-19(8)15(21)10-6-18-13-9(14(10)20)2-3-11(16)12(13)17/h2-3,6,8H,4-5,7H2,1H3,(H,18,20)/t8-/m1/s1. The molecule has 0 saturated carbocycles. The van der Waals surface area contributed by atoms with Crippen LogP contribution in [0.2, 0.25) is 5.02 Å². The van der Waals surface area contributed by atoms with Crippen molar-refractivity contribution in [2.45, 2.75) is 13.0 Å². The molecular formula is C15H14ClFN2O3. The van der Waals surface area contributed by atoms with Crippen LogP contribution in [0.15, 0.2) is 23.1 Å². The first-order valence-corrected chi connectivity index (χ1v) is 7.26. The second-order valence-electron chi connectivity index (χ2n) is 5.24. The number of amides is 1. The van der Waals surface area contributed by atoms with Crippen molar-refractivity contribution in [3.8, 4) is 0 Å². The average molecular weight is 325 g/mol. The third kappa shape index (κ3) is 2.38. The molecule has 22 heavy (non-hydrogen) atoms. The number of aromatic nitrogens is 1. The van der Waals surface area contributed by atoms with Crippen LogP contribution in [0.25, 0.3) is 10.9 Å². The van der Waals surface area contributed by atoms with Crippen molar-refractivity contribution in [2.75, 3.05) is 19.8 Å². The first-order chi connectivity index (χ1) is 10.5. The van der Waals surface area contributed by atoms with Gasteiger partial charge in [-0.15, -0.1) is 0 Å². The van der Waals surface area contributed by atoms with Gasteiger partial charge in [-0.1, -0.05) is 11.6 Å². The van der Waals surface area contributed by atoms with Gasteiger partial charge in [0.15, 0.2) is 5.82 Å². The maximum absolute atomic E-state index is 13.9. The number of carbonyl (C=O) groups is 1. The molecule has 0 radical (unpaired) electrons. The minimum atomic E-state index is -0.699. The third-order valence-electron chi connectivity index (χ3n) is 3.80. The molecule has 2 heterocycles. The van der Waals surface area contributed by atoms with Gasteiger partial charge in [-0.3, -0.25) is 9.59 Å². The van der Waals surface area contributed by atoms with Crippen LogP contribution in [0.1, 0.15) is 17.3 Å². The van der Waals surface area contributed by atoms with E-state index in [2.05, 4.69) is 4.98 Å². The fourth-order valence-electron chi connectivity index (χ4n) is 2.58. The van der Waals surface area contributed by atoms with E-state index in [1.165, 1.54) is 18.3 Å². The summed E-state index contributed by atoms with van der Waals surface area (Å²) in [6, 6.07) is 2.61. The molecule has 2 aromatic rings. The van der Waals surface area contributed by atoms with E-state index in [1.807, 2.05) is 6.92 Å². The lowest BCUT2D eigenvalue weighted by Crippen LogP contribution is -2.48. The van der Waals surface area contributed by atoms with E-state index in [4.69, 9.17) is 16.3 Å². The van der Waals surface area contributed by atoms with Gasteiger partial charge in [-0.25, -0.2) is 4.39 Å². The van der Waals surface area contributed by atoms with Gasteiger partial charge in [-0.05, 0) is 19.1 Å². The van der Waals surface area contributed by atoms with E-state index in [9.17, 15) is 14.0 Å². The SMILES string of the molecule is C[C@@H]1COCCN1C(=O)c1c[nH]c2c(F)c(Cl)ccc2c1=O. The molecule has 1 aliphatic rings. The maximum Gasteiger partial charge on any atom is 0.259 e. The molecule has 5 nitrogen and oxygen atoms in total. The number of nitrogens with one attached hydrogen (secondary N) is 1. The molecule has 0 bridgehead atoms. The molecule has 1 aromatic carbocycles. The van der Waals surface area contributed by atoms with E-state index in [0.717, 1.165) is 0 Å². The highest BCUT2D eigenvalue weighted by molar-refractivity contribution is 6.31. The smallest absolute Gasteiger partial charge is 0.259 e. The van der Waals surface area contributed by atoms with E-state index in [0.29, 0.717) is 19.8 Å². The number of hydrogen-bond donors (Lipinski definition) is 1. The largest absolute Gasteiger partial charge is 0.377 e. The fourth-order valence-corrected chi connectivity index (χ4v) is 2.74. The van der Waals surface area contributed by atoms with Gasteiger partial charge in [0, 0.05) is 18.1 Å². The quantitative estimate of drug-likeness (QED) is 0.874. The number of aromatic amines is 1. The zero-order valence-electron chi connectivity index (χ0n) is 11.9. The molecular weight excluding hydrogens is 311 g/mol. The lowest BCUT2D eigenvalue weighted by atomic mass is 10.1. The molecule has 7 heteroatoms. The first kappa shape index (κ1) is 15.0. The molecule has 1 aliphatic heterocycles. The number of nitrogens with zero attached hydrogens (tertiary/aromatic N) is 1. The Morgan fingerprint density at radius 1 is 1.50 bits per heavy atom. The zero-order chi connectivity index (χ0) is 15.9. The Labute approximate surface area is 130 Å². The highest BCUT2D eigenvalue weighted by Gasteiger charge is 2.27. The molecule has 0 unspecified atom stereocenters. The van der Waals surface area contributed by atoms with Gasteiger partial charge in [0.2, 0.25) is 5.43 Å². The predicted octanol–water partition coefficient (Wildman–Crippen LogP) is 2.18. The Balaban J connectivity index is 2.08. The monoisotopic (exact) mass is 324 g/mol. The summed E-state index contributed by atoms with van der Waals surface area (Å²) in [4.78, 5) is 29.3. The van der Waals surface area contributed by atoms with Gasteiger partial charge in [0.25, 0.3) is 5.91 Å². The van der Waals surface area contributed by atoms with Crippen molar-refractivity contribution >= 4 is 28.4 Å². The minimum absolute atomic E-state index is 0.00377. The van der Waals surface area contributed by atoms with Gasteiger partial charge in [0.05, 0.1) is 29.8 Å². The third-order valence-corrected chi connectivity index (χ3v) is 4.10. The summed E-state index contributed by atoms with van der Waals surface area (Å²) < 4.78 is 19.2. The summed E-state index contributed by atoms with van der Waals surface area (Å²) in [6.45, 7) is 3.14. The number of fused-ring (bicyclic) bond motifs is 1. The molecule has 1 aromatic heterocycles. The second-order valence-corrected chi connectivity index (χ2v) is 5.65. The van der Waals surface area contributed by atoms with Crippen LogP contribution in [0.4, 0.5) is 4.39 Å². The Morgan fingerprint density at radius 2 is 2.27 bits per heavy atom. The Kier molecular flexibility index (Phi) is 3.88. The van der Waals surface area contributed by atoms with Crippen LogP contribution < -0.4 is 5.43 Å². The lowest BCUT2D eigenvalue weighted by molar-refractivity contribution is 0.00351. The number of halogens is 2. The molecule has 1 atom stereocenters. The topological polar surface area (TPSA) is 62.4 Å². The van der Waals surface area contributed by atoms with E-state index >= 15 is 0 Å². The van der Waals surface area contributed by atoms with Crippen molar-refractivity contribution in [1.82, 2.24) is 9.88 Å². The van der Waals surface area contributed by atoms with Crippen LogP contribution in [-0.2, 0) is 4.74 Å². The second kappa shape index (κ2) is 5.70. The summed E-state index contributed by atoms with van der Waals surface area (Å²) in [7, 11) is 0. The van der Waals surface area contributed by atoms with Crippen molar-refractivity contribution in [1.29, 1.82) is 0 Å². The molecule has 1 saturated heterocycles. The molecule has 1 amide bonds. The summed E-state index contributed by atoms with van der Waals surface area (Å²) in [6.07, 6.45) is 1.24. The highest BCUT2D eigenvalue weighted by atomic mass is 35.5. The molecule has 0 spiro atoms. The van der Waals surface area contributed by atoms with Gasteiger partial charge >= 0.3 is 0 Å². The van der Waals surface area contributed by atoms with Crippen molar-refractivity contribution in [3.05, 3.63) is 45.0 Å². The number of carbonyl (C=O) groups excluding carboxylic acids is 1. The van der Waals surface area contributed by atoms with E-state index in [-0.39, 0.29) is 33.4 Å². The number of rotatable bonds is 1. The van der Waals surface area contributed by atoms with Crippen molar-refractivity contribution in [2.24, 2.45) is 0 Å². The number of morpholine rings is 1. The molecule has 3 rings (SSSR count). The number of H-pyrrole nitrogens is 1. The number of ether oxygens (including phenoxy) is 1. The van der Waals surface area contributed by atoms with Crippen LogP contribution >= 0.6 is 11.6 Å². The highest BCUT2D eigenvalue weighted by Crippen LogP contribution is 2.21. The summed E-state index contributed by atoms with van der Waals surface area (Å²) >= 11 is 5.70. The minimum Gasteiger partial charge on any atom is -0.377 e. The lowest BCUT2D eigenvalue weighted by Gasteiger charge is -2.33. The van der Waals surface area contributed by atoms with E-state index < -0.39 is 11.2 Å². The number of hydrogen-bond acceptors (Lipinski definition) is 3. The van der Waals surface area contributed by atoms with Crippen LogP contribution in [0.3, 0.4) is 0 Å². The van der Waals surface area contributed by atoms with Crippen LogP contribution in [0, 0.1) is 5.82 Å². The normalized spacial score (nSPS) is 18.7. The Hall–Kier alpha value is -1.92. The summed E-state index contributed by atoms with van der Waals surface area (Å²) in [5.74, 6) is -1.08. The Bertz CT molecular complexity index is 805. The summed E-state index contributed by atoms with van der Waals surface area (Å²) in [5, 5.41) is 0.0256. The van der Waals surface area contributed by atoms with Gasteiger partial charge < -0.3 is 14.6 Å². The molecule has 116 valence electrons. The van der Waals surface area contributed by atoms with Gasteiger partial charge in [0.1, 0.15) is 5.56 Å². The number of pyridine rings is 1. The number of benzene rings is 1. The van der Waals surface area contributed by atoms with Crippen LogP contribution in [-0.4, -0.2) is 41.6 Å². The first-order valence-electron chi connectivity index (χ1n) is 6.89. The van der Waals surface area contributed by atoms with Crippen LogP contribution in [0.5, 0.6) is 0 Å². The molecule has 1 fully saturated rings. The molecule has 0 aliphatic carbocycles. The molecule has 1 N–H and O–H groups in total. The summed E-state index contributed by atoms with van der Waals surface area (Å²) in [5.41, 5.74) is -0.514. The maximum atomic E-state index is 13.9. The van der Waals surface area contributed by atoms with Gasteiger partial charge in [-0.2, -0.15) is 0 Å². The fraction of sp³-hybridized carbons (Fsp3) is 0.333.